The molecule has 29 heavy (non-hydrogen) atoms. The average Bonchev–Trinajstić information content (AvgIpc) is 3.01. The Bertz CT molecular complexity index is 997. The van der Waals surface area contributed by atoms with Gasteiger partial charge in [0.2, 0.25) is 0 Å². The number of carbonyl (C=O) groups excluding carboxylic acids is 2. The van der Waals surface area contributed by atoms with Crippen LogP contribution < -0.4 is 21.3 Å². The van der Waals surface area contributed by atoms with Crippen LogP contribution in [0.5, 0.6) is 0 Å². The number of aromatic nitrogens is 2. The minimum Gasteiger partial charge on any atom is -0.359 e. The van der Waals surface area contributed by atoms with Crippen LogP contribution in [0.4, 0.5) is 27.7 Å². The van der Waals surface area contributed by atoms with Crippen LogP contribution in [0, 0.1) is 13.8 Å². The molecule has 0 bridgehead atoms. The van der Waals surface area contributed by atoms with Crippen molar-refractivity contribution in [1.29, 1.82) is 0 Å². The molecule has 4 N–H and O–H groups in total. The van der Waals surface area contributed by atoms with E-state index in [2.05, 4.69) is 31.4 Å². The maximum absolute atomic E-state index is 12.9. The summed E-state index contributed by atoms with van der Waals surface area (Å²) in [5.74, 6) is 0.439. The zero-order chi connectivity index (χ0) is 20.8. The SMILES string of the molecule is CCNC(=O)Nc1cc(Nc2ccccc2)c(C(=O)Nc2c(C)noc2C)cn1. The number of benzene rings is 1. The van der Waals surface area contributed by atoms with Gasteiger partial charge in [0.1, 0.15) is 17.2 Å². The van der Waals surface area contributed by atoms with Crippen molar-refractivity contribution >= 4 is 34.8 Å². The lowest BCUT2D eigenvalue weighted by Crippen LogP contribution is -2.28. The molecule has 0 spiro atoms. The highest BCUT2D eigenvalue weighted by atomic mass is 16.5. The molecule has 0 radical (unpaired) electrons. The summed E-state index contributed by atoms with van der Waals surface area (Å²) in [6.45, 7) is 5.76. The van der Waals surface area contributed by atoms with E-state index in [1.54, 1.807) is 19.9 Å². The van der Waals surface area contributed by atoms with E-state index in [0.717, 1.165) is 5.69 Å². The number of carbonyl (C=O) groups is 2. The van der Waals surface area contributed by atoms with Crippen LogP contribution in [0.2, 0.25) is 0 Å². The summed E-state index contributed by atoms with van der Waals surface area (Å²) in [5.41, 5.74) is 2.67. The van der Waals surface area contributed by atoms with Crippen molar-refractivity contribution in [2.75, 3.05) is 22.5 Å². The summed E-state index contributed by atoms with van der Waals surface area (Å²) in [6.07, 6.45) is 1.40. The molecule has 0 fully saturated rings. The smallest absolute Gasteiger partial charge is 0.320 e. The Labute approximate surface area is 167 Å². The first kappa shape index (κ1) is 19.9. The predicted molar refractivity (Wildman–Crippen MR) is 111 cm³/mol. The molecule has 9 heteroatoms. The lowest BCUT2D eigenvalue weighted by atomic mass is 10.2. The standard InChI is InChI=1S/C20H22N6O3/c1-4-21-20(28)24-17-10-16(23-14-8-6-5-7-9-14)15(11-22-17)19(27)25-18-12(2)26-29-13(18)3/h5-11H,4H2,1-3H3,(H,25,27)(H3,21,22,23,24,28). The first-order valence-corrected chi connectivity index (χ1v) is 9.09. The van der Waals surface area contributed by atoms with Gasteiger partial charge in [-0.15, -0.1) is 0 Å². The van der Waals surface area contributed by atoms with Crippen molar-refractivity contribution in [2.45, 2.75) is 20.8 Å². The Hall–Kier alpha value is -3.88. The highest BCUT2D eigenvalue weighted by Crippen LogP contribution is 2.26. The van der Waals surface area contributed by atoms with E-state index in [-0.39, 0.29) is 11.9 Å². The van der Waals surface area contributed by atoms with Gasteiger partial charge >= 0.3 is 6.03 Å². The Morgan fingerprint density at radius 2 is 1.86 bits per heavy atom. The van der Waals surface area contributed by atoms with Gasteiger partial charge in [-0.1, -0.05) is 23.4 Å². The molecule has 3 amide bonds. The molecule has 3 aromatic rings. The second-order valence-electron chi connectivity index (χ2n) is 6.24. The molecule has 0 unspecified atom stereocenters. The third kappa shape index (κ3) is 4.89. The maximum Gasteiger partial charge on any atom is 0.320 e. The zero-order valence-corrected chi connectivity index (χ0v) is 16.4. The monoisotopic (exact) mass is 394 g/mol. The van der Waals surface area contributed by atoms with Crippen LogP contribution in [0.15, 0.2) is 47.1 Å². The van der Waals surface area contributed by atoms with Crippen LogP contribution in [-0.2, 0) is 0 Å². The fraction of sp³-hybridized carbons (Fsp3) is 0.200. The number of para-hydroxylation sites is 1. The molecule has 0 aliphatic rings. The first-order valence-electron chi connectivity index (χ1n) is 9.09. The fourth-order valence-electron chi connectivity index (χ4n) is 2.65. The molecule has 0 saturated carbocycles. The number of nitrogens with zero attached hydrogens (tertiary/aromatic N) is 2. The summed E-state index contributed by atoms with van der Waals surface area (Å²) >= 11 is 0. The van der Waals surface area contributed by atoms with Gasteiger partial charge in [0.25, 0.3) is 5.91 Å². The molecule has 3 rings (SSSR count). The number of hydrogen-bond acceptors (Lipinski definition) is 6. The van der Waals surface area contributed by atoms with E-state index in [4.69, 9.17) is 4.52 Å². The maximum atomic E-state index is 12.9. The van der Waals surface area contributed by atoms with Crippen LogP contribution in [-0.4, -0.2) is 28.6 Å². The molecule has 150 valence electrons. The molecule has 1 aromatic carbocycles. The summed E-state index contributed by atoms with van der Waals surface area (Å²) in [7, 11) is 0. The number of hydrogen-bond donors (Lipinski definition) is 4. The molecule has 0 aliphatic carbocycles. The molecule has 2 heterocycles. The summed E-state index contributed by atoms with van der Waals surface area (Å²) < 4.78 is 5.09. The van der Waals surface area contributed by atoms with Gasteiger partial charge in [-0.2, -0.15) is 0 Å². The lowest BCUT2D eigenvalue weighted by Gasteiger charge is -2.14. The Balaban J connectivity index is 1.91. The highest BCUT2D eigenvalue weighted by molar-refractivity contribution is 6.09. The van der Waals surface area contributed by atoms with E-state index in [1.165, 1.54) is 6.20 Å². The van der Waals surface area contributed by atoms with E-state index in [0.29, 0.717) is 40.8 Å². The van der Waals surface area contributed by atoms with E-state index >= 15 is 0 Å². The third-order valence-electron chi connectivity index (χ3n) is 4.05. The number of pyridine rings is 1. The molecular weight excluding hydrogens is 372 g/mol. The van der Waals surface area contributed by atoms with Gasteiger partial charge in [-0.25, -0.2) is 9.78 Å². The van der Waals surface area contributed by atoms with Crippen LogP contribution in [0.3, 0.4) is 0 Å². The van der Waals surface area contributed by atoms with Crippen molar-refractivity contribution in [3.63, 3.8) is 0 Å². The van der Waals surface area contributed by atoms with Crippen molar-refractivity contribution in [3.8, 4) is 0 Å². The molecule has 0 atom stereocenters. The van der Waals surface area contributed by atoms with E-state index < -0.39 is 0 Å². The number of urea groups is 1. The van der Waals surface area contributed by atoms with Crippen molar-refractivity contribution in [2.24, 2.45) is 0 Å². The van der Waals surface area contributed by atoms with Gasteiger partial charge in [-0.05, 0) is 32.9 Å². The van der Waals surface area contributed by atoms with Crippen molar-refractivity contribution in [3.05, 3.63) is 59.6 Å². The Morgan fingerprint density at radius 1 is 1.10 bits per heavy atom. The van der Waals surface area contributed by atoms with Gasteiger partial charge < -0.3 is 20.5 Å². The number of anilines is 4. The normalized spacial score (nSPS) is 10.3. The molecular formula is C20H22N6O3. The van der Waals surface area contributed by atoms with Crippen molar-refractivity contribution in [1.82, 2.24) is 15.5 Å². The number of rotatable bonds is 6. The number of nitrogens with one attached hydrogen (secondary N) is 4. The van der Waals surface area contributed by atoms with Crippen LogP contribution in [0.1, 0.15) is 28.7 Å². The largest absolute Gasteiger partial charge is 0.359 e. The number of amides is 3. The quantitative estimate of drug-likeness (QED) is 0.504. The lowest BCUT2D eigenvalue weighted by molar-refractivity contribution is 0.102. The average molecular weight is 394 g/mol. The number of aryl methyl sites for hydroxylation is 2. The second-order valence-corrected chi connectivity index (χ2v) is 6.24. The molecule has 0 aliphatic heterocycles. The highest BCUT2D eigenvalue weighted by Gasteiger charge is 2.18. The topological polar surface area (TPSA) is 121 Å². The molecule has 9 nitrogen and oxygen atoms in total. The van der Waals surface area contributed by atoms with Gasteiger partial charge in [-0.3, -0.25) is 10.1 Å². The summed E-state index contributed by atoms with van der Waals surface area (Å²) in [4.78, 5) is 28.9. The minimum absolute atomic E-state index is 0.301. The minimum atomic E-state index is -0.380. The van der Waals surface area contributed by atoms with Gasteiger partial charge in [0.15, 0.2) is 5.76 Å². The van der Waals surface area contributed by atoms with Crippen LogP contribution >= 0.6 is 0 Å². The first-order chi connectivity index (χ1) is 14.0. The second kappa shape index (κ2) is 8.87. The van der Waals surface area contributed by atoms with Gasteiger partial charge in [0.05, 0.1) is 11.3 Å². The van der Waals surface area contributed by atoms with Gasteiger partial charge in [0, 0.05) is 24.5 Å². The van der Waals surface area contributed by atoms with E-state index in [1.807, 2.05) is 37.3 Å². The van der Waals surface area contributed by atoms with E-state index in [9.17, 15) is 9.59 Å². The third-order valence-corrected chi connectivity index (χ3v) is 4.05. The fourth-order valence-corrected chi connectivity index (χ4v) is 2.65. The Morgan fingerprint density at radius 3 is 2.52 bits per heavy atom. The zero-order valence-electron chi connectivity index (χ0n) is 16.4. The van der Waals surface area contributed by atoms with Crippen molar-refractivity contribution < 1.29 is 14.1 Å². The molecule has 2 aromatic heterocycles. The summed E-state index contributed by atoms with van der Waals surface area (Å²) in [6, 6.07) is 10.6. The summed E-state index contributed by atoms with van der Waals surface area (Å²) in [5, 5.41) is 15.1. The predicted octanol–water partition coefficient (Wildman–Crippen LogP) is 3.82. The Kier molecular flexibility index (Phi) is 6.08. The van der Waals surface area contributed by atoms with Crippen LogP contribution in [0.25, 0.3) is 0 Å². The molecule has 0 saturated heterocycles.